The third kappa shape index (κ3) is 5.61. The molecule has 10 nitrogen and oxygen atoms in total. The van der Waals surface area contributed by atoms with Gasteiger partial charge in [-0.3, -0.25) is 4.79 Å². The molecule has 1 aromatic carbocycles. The smallest absolute Gasteiger partial charge is 0.295 e. The van der Waals surface area contributed by atoms with Crippen LogP contribution in [0.3, 0.4) is 0 Å². The van der Waals surface area contributed by atoms with Crippen LogP contribution in [0.1, 0.15) is 48.5 Å². The van der Waals surface area contributed by atoms with Crippen molar-refractivity contribution in [2.75, 3.05) is 65.0 Å². The number of carbonyl (C=O) groups excluding carboxylic acids is 1. The monoisotopic (exact) mass is 598 g/mol. The number of carbonyl (C=O) groups is 1. The lowest BCUT2D eigenvalue weighted by atomic mass is 9.86. The van der Waals surface area contributed by atoms with Crippen LogP contribution < -0.4 is 5.32 Å². The van der Waals surface area contributed by atoms with Crippen molar-refractivity contribution in [3.05, 3.63) is 53.0 Å². The van der Waals surface area contributed by atoms with Crippen LogP contribution in [0.5, 0.6) is 0 Å². The van der Waals surface area contributed by atoms with E-state index in [0.717, 1.165) is 49.2 Å². The van der Waals surface area contributed by atoms with E-state index < -0.39 is 18.1 Å². The van der Waals surface area contributed by atoms with Gasteiger partial charge >= 0.3 is 0 Å². The van der Waals surface area contributed by atoms with Crippen LogP contribution in [-0.2, 0) is 32.3 Å². The maximum absolute atomic E-state index is 14.2. The SMILES string of the molecule is COCCN1CCC(C(=O)N2CC3(C2)OCCn2c3cc3c(N[C@H](C)c4cccc(C(F)(F)CO)c4)nc(C)nc32)CC1. The molecule has 12 heteroatoms. The fraction of sp³-hybridized carbons (Fsp3) is 0.581. The van der Waals surface area contributed by atoms with Gasteiger partial charge in [-0.1, -0.05) is 18.2 Å². The first kappa shape index (κ1) is 29.9. The zero-order valence-electron chi connectivity index (χ0n) is 25.0. The number of anilines is 1. The number of methoxy groups -OCH3 is 1. The molecule has 0 aliphatic carbocycles. The van der Waals surface area contributed by atoms with Gasteiger partial charge in [0, 0.05) is 37.7 Å². The Labute approximate surface area is 250 Å². The Morgan fingerprint density at radius 3 is 2.72 bits per heavy atom. The fourth-order valence-electron chi connectivity index (χ4n) is 6.63. The van der Waals surface area contributed by atoms with Gasteiger partial charge in [0.15, 0.2) is 0 Å². The number of fused-ring (bicyclic) bond motifs is 4. The maximum Gasteiger partial charge on any atom is 0.295 e. The van der Waals surface area contributed by atoms with Crippen molar-refractivity contribution in [3.63, 3.8) is 0 Å². The number of hydrogen-bond acceptors (Lipinski definition) is 8. The van der Waals surface area contributed by atoms with Crippen LogP contribution in [0.25, 0.3) is 11.0 Å². The van der Waals surface area contributed by atoms with Crippen molar-refractivity contribution in [1.29, 1.82) is 0 Å². The summed E-state index contributed by atoms with van der Waals surface area (Å²) in [7, 11) is 1.71. The van der Waals surface area contributed by atoms with Gasteiger partial charge in [-0.25, -0.2) is 9.97 Å². The number of aliphatic hydroxyl groups excluding tert-OH is 1. The molecule has 0 unspecified atom stereocenters. The number of nitrogens with one attached hydrogen (secondary N) is 1. The average molecular weight is 599 g/mol. The Morgan fingerprint density at radius 2 is 2.00 bits per heavy atom. The van der Waals surface area contributed by atoms with Crippen LogP contribution in [0, 0.1) is 12.8 Å². The summed E-state index contributed by atoms with van der Waals surface area (Å²) < 4.78 is 42.1. The molecule has 3 aliphatic rings. The van der Waals surface area contributed by atoms with E-state index in [1.165, 1.54) is 12.1 Å². The molecule has 43 heavy (non-hydrogen) atoms. The molecule has 232 valence electrons. The predicted molar refractivity (Wildman–Crippen MR) is 157 cm³/mol. The summed E-state index contributed by atoms with van der Waals surface area (Å²) in [6, 6.07) is 7.79. The van der Waals surface area contributed by atoms with Crippen molar-refractivity contribution in [1.82, 2.24) is 24.3 Å². The largest absolute Gasteiger partial charge is 0.390 e. The zero-order valence-corrected chi connectivity index (χ0v) is 25.0. The number of nitrogens with zero attached hydrogens (tertiary/aromatic N) is 5. The number of rotatable bonds is 9. The van der Waals surface area contributed by atoms with Crippen molar-refractivity contribution >= 4 is 22.8 Å². The number of aromatic nitrogens is 3. The summed E-state index contributed by atoms with van der Waals surface area (Å²) >= 11 is 0. The standard InChI is InChI=1S/C31H40F2N6O4/c1-20(23-5-4-6-24(15-23)31(32,33)19-40)34-27-25-16-26-30(43-14-12-39(26)28(25)36-21(2)35-27)17-38(18-30)29(41)22-7-9-37(10-8-22)11-13-42-3/h4-6,15-16,20,22,40H,7-14,17-19H2,1-3H3,(H,34,35,36)/t20-/m1/s1. The van der Waals surface area contributed by atoms with E-state index in [0.29, 0.717) is 50.1 Å². The van der Waals surface area contributed by atoms with Crippen molar-refractivity contribution < 1.29 is 28.2 Å². The summed E-state index contributed by atoms with van der Waals surface area (Å²) in [5.74, 6) is -1.88. The molecule has 2 aromatic heterocycles. The number of benzene rings is 1. The second-order valence-electron chi connectivity index (χ2n) is 12.0. The Balaban J connectivity index is 1.20. The van der Waals surface area contributed by atoms with E-state index in [1.54, 1.807) is 19.2 Å². The highest BCUT2D eigenvalue weighted by Crippen LogP contribution is 2.43. The van der Waals surface area contributed by atoms with E-state index in [-0.39, 0.29) is 23.4 Å². The van der Waals surface area contributed by atoms with Gasteiger partial charge in [0.1, 0.15) is 29.5 Å². The molecular weight excluding hydrogens is 558 g/mol. The molecule has 3 aliphatic heterocycles. The predicted octanol–water partition coefficient (Wildman–Crippen LogP) is 3.42. The lowest BCUT2D eigenvalue weighted by Gasteiger charge is -2.52. The number of likely N-dealkylation sites (tertiary alicyclic amines) is 2. The van der Waals surface area contributed by atoms with Gasteiger partial charge in [-0.2, -0.15) is 8.78 Å². The van der Waals surface area contributed by atoms with Crippen LogP contribution in [0.2, 0.25) is 0 Å². The molecule has 0 saturated carbocycles. The second-order valence-corrected chi connectivity index (χ2v) is 12.0. The Hall–Kier alpha value is -3.19. The van der Waals surface area contributed by atoms with Crippen molar-refractivity contribution in [3.8, 4) is 0 Å². The van der Waals surface area contributed by atoms with Crippen molar-refractivity contribution in [2.24, 2.45) is 5.92 Å². The second kappa shape index (κ2) is 11.7. The Morgan fingerprint density at radius 1 is 1.23 bits per heavy atom. The van der Waals surface area contributed by atoms with E-state index in [2.05, 4.69) is 25.8 Å². The third-order valence-corrected chi connectivity index (χ3v) is 9.14. The number of aliphatic hydroxyl groups is 1. The molecule has 2 N–H and O–H groups in total. The highest BCUT2D eigenvalue weighted by molar-refractivity contribution is 5.89. The van der Waals surface area contributed by atoms with Crippen LogP contribution in [0.15, 0.2) is 30.3 Å². The average Bonchev–Trinajstić information content (AvgIpc) is 3.38. The third-order valence-electron chi connectivity index (χ3n) is 9.14. The quantitative estimate of drug-likeness (QED) is 0.386. The van der Waals surface area contributed by atoms with Gasteiger partial charge < -0.3 is 34.3 Å². The van der Waals surface area contributed by atoms with Gasteiger partial charge in [0.25, 0.3) is 5.92 Å². The van der Waals surface area contributed by atoms with Gasteiger partial charge in [0.05, 0.1) is 37.4 Å². The number of aryl methyl sites for hydroxylation is 1. The molecule has 1 amide bonds. The molecule has 2 saturated heterocycles. The minimum Gasteiger partial charge on any atom is -0.390 e. The minimum absolute atomic E-state index is 0.0345. The summed E-state index contributed by atoms with van der Waals surface area (Å²) in [6.45, 7) is 8.04. The Bertz CT molecular complexity index is 1480. The Kier molecular flexibility index (Phi) is 8.14. The molecule has 0 radical (unpaired) electrons. The molecule has 1 atom stereocenters. The first-order valence-electron chi connectivity index (χ1n) is 15.0. The number of ether oxygens (including phenoxy) is 2. The molecule has 0 bridgehead atoms. The number of amides is 1. The van der Waals surface area contributed by atoms with Gasteiger partial charge in [0.2, 0.25) is 5.91 Å². The summed E-state index contributed by atoms with van der Waals surface area (Å²) in [6.07, 6.45) is 1.71. The first-order chi connectivity index (χ1) is 20.6. The van der Waals surface area contributed by atoms with Crippen LogP contribution in [0.4, 0.5) is 14.6 Å². The molecular formula is C31H40F2N6O4. The number of halogens is 2. The zero-order chi connectivity index (χ0) is 30.4. The fourth-order valence-corrected chi connectivity index (χ4v) is 6.63. The number of hydrogen-bond donors (Lipinski definition) is 2. The molecule has 6 rings (SSSR count). The number of piperidine rings is 1. The normalized spacial score (nSPS) is 19.8. The first-order valence-corrected chi connectivity index (χ1v) is 15.0. The molecule has 5 heterocycles. The van der Waals surface area contributed by atoms with E-state index in [9.17, 15) is 13.6 Å². The molecule has 2 fully saturated rings. The highest BCUT2D eigenvalue weighted by Gasteiger charge is 2.52. The van der Waals surface area contributed by atoms with E-state index >= 15 is 0 Å². The minimum atomic E-state index is -3.32. The van der Waals surface area contributed by atoms with Gasteiger partial charge in [-0.05, 0) is 57.5 Å². The highest BCUT2D eigenvalue weighted by atomic mass is 19.3. The topological polar surface area (TPSA) is 105 Å². The maximum atomic E-state index is 14.2. The summed E-state index contributed by atoms with van der Waals surface area (Å²) in [5.41, 5.74) is 1.59. The van der Waals surface area contributed by atoms with Crippen molar-refractivity contribution in [2.45, 2.75) is 50.8 Å². The van der Waals surface area contributed by atoms with Gasteiger partial charge in [-0.15, -0.1) is 0 Å². The molecule has 3 aromatic rings. The lowest BCUT2D eigenvalue weighted by molar-refractivity contribution is -0.186. The van der Waals surface area contributed by atoms with E-state index in [4.69, 9.17) is 19.6 Å². The summed E-state index contributed by atoms with van der Waals surface area (Å²) in [5, 5.41) is 13.4. The lowest BCUT2D eigenvalue weighted by Crippen LogP contribution is -2.65. The summed E-state index contributed by atoms with van der Waals surface area (Å²) in [4.78, 5) is 27.1. The molecule has 1 spiro atoms. The number of alkyl halides is 2. The van der Waals surface area contributed by atoms with Crippen LogP contribution >= 0.6 is 0 Å². The van der Waals surface area contributed by atoms with E-state index in [1.807, 2.05) is 18.7 Å². The van der Waals surface area contributed by atoms with Crippen LogP contribution in [-0.4, -0.2) is 95.0 Å².